The number of rotatable bonds is 6. The van der Waals surface area contributed by atoms with Gasteiger partial charge in [0.25, 0.3) is 0 Å². The van der Waals surface area contributed by atoms with Crippen LogP contribution in [0.4, 0.5) is 0 Å². The number of hydrogen-bond acceptors (Lipinski definition) is 8. The number of fused-ring (bicyclic) bond motifs is 1. The SMILES string of the molecule is CCOC(=O)C1=C(NC2CCCCC2)OC2C=C(C)OC(=O)C2C1C(=O)OCC. The summed E-state index contributed by atoms with van der Waals surface area (Å²) in [5.41, 5.74) is 0.00188. The first kappa shape index (κ1) is 21.2. The fourth-order valence-corrected chi connectivity index (χ4v) is 4.15. The van der Waals surface area contributed by atoms with E-state index in [1.165, 1.54) is 6.42 Å². The molecule has 1 saturated carbocycles. The zero-order valence-corrected chi connectivity index (χ0v) is 17.2. The van der Waals surface area contributed by atoms with E-state index in [4.69, 9.17) is 18.9 Å². The molecule has 1 aliphatic carbocycles. The molecule has 29 heavy (non-hydrogen) atoms. The lowest BCUT2D eigenvalue weighted by Crippen LogP contribution is -2.51. The number of ether oxygens (including phenoxy) is 4. The van der Waals surface area contributed by atoms with Crippen LogP contribution < -0.4 is 5.32 Å². The molecule has 2 heterocycles. The lowest BCUT2D eigenvalue weighted by Gasteiger charge is -2.39. The van der Waals surface area contributed by atoms with E-state index in [9.17, 15) is 14.4 Å². The van der Waals surface area contributed by atoms with Crippen LogP contribution in [0.3, 0.4) is 0 Å². The highest BCUT2D eigenvalue weighted by Gasteiger charge is 2.53. The van der Waals surface area contributed by atoms with E-state index in [2.05, 4.69) is 5.32 Å². The molecular formula is C21H29NO7. The summed E-state index contributed by atoms with van der Waals surface area (Å²) < 4.78 is 21.7. The second-order valence-corrected chi connectivity index (χ2v) is 7.48. The highest BCUT2D eigenvalue weighted by atomic mass is 16.6. The Kier molecular flexibility index (Phi) is 6.82. The van der Waals surface area contributed by atoms with Crippen LogP contribution in [-0.4, -0.2) is 43.3 Å². The topological polar surface area (TPSA) is 100 Å². The van der Waals surface area contributed by atoms with Crippen molar-refractivity contribution in [1.29, 1.82) is 0 Å². The molecule has 0 aromatic carbocycles. The maximum Gasteiger partial charge on any atom is 0.340 e. The highest BCUT2D eigenvalue weighted by molar-refractivity contribution is 5.99. The smallest absolute Gasteiger partial charge is 0.340 e. The van der Waals surface area contributed by atoms with Crippen LogP contribution in [0.5, 0.6) is 0 Å². The van der Waals surface area contributed by atoms with Crippen molar-refractivity contribution in [3.8, 4) is 0 Å². The Morgan fingerprint density at radius 1 is 1.14 bits per heavy atom. The third-order valence-electron chi connectivity index (χ3n) is 5.43. The van der Waals surface area contributed by atoms with Gasteiger partial charge in [0.1, 0.15) is 29.3 Å². The summed E-state index contributed by atoms with van der Waals surface area (Å²) in [5.74, 6) is -3.54. The van der Waals surface area contributed by atoms with Gasteiger partial charge in [0, 0.05) is 6.04 Å². The Bertz CT molecular complexity index is 721. The van der Waals surface area contributed by atoms with E-state index in [1.54, 1.807) is 26.8 Å². The molecule has 3 unspecified atom stereocenters. The van der Waals surface area contributed by atoms with E-state index in [0.717, 1.165) is 25.7 Å². The van der Waals surface area contributed by atoms with Crippen molar-refractivity contribution in [2.75, 3.05) is 13.2 Å². The fourth-order valence-electron chi connectivity index (χ4n) is 4.15. The molecule has 0 aromatic rings. The second kappa shape index (κ2) is 9.33. The predicted octanol–water partition coefficient (Wildman–Crippen LogP) is 2.34. The first-order chi connectivity index (χ1) is 14.0. The summed E-state index contributed by atoms with van der Waals surface area (Å²) in [6.45, 7) is 5.26. The summed E-state index contributed by atoms with van der Waals surface area (Å²) in [5, 5.41) is 3.30. The molecule has 3 rings (SSSR count). The molecule has 3 aliphatic rings. The van der Waals surface area contributed by atoms with E-state index < -0.39 is 35.8 Å². The van der Waals surface area contributed by atoms with Crippen molar-refractivity contribution in [3.63, 3.8) is 0 Å². The molecule has 1 N–H and O–H groups in total. The summed E-state index contributed by atoms with van der Waals surface area (Å²) in [6, 6.07) is 0.128. The summed E-state index contributed by atoms with van der Waals surface area (Å²) in [4.78, 5) is 38.3. The average molecular weight is 407 g/mol. The van der Waals surface area contributed by atoms with Gasteiger partial charge in [-0.3, -0.25) is 9.59 Å². The molecule has 1 fully saturated rings. The molecule has 0 bridgehead atoms. The number of esters is 3. The lowest BCUT2D eigenvalue weighted by molar-refractivity contribution is -0.167. The standard InChI is InChI=1S/C21H29NO7/c1-4-26-19(23)16-15-14(11-12(3)28-21(15)25)29-18(17(16)20(24)27-5-2)22-13-9-7-6-8-10-13/h11,13-16,22H,4-10H2,1-3H3. The van der Waals surface area contributed by atoms with E-state index in [-0.39, 0.29) is 30.7 Å². The van der Waals surface area contributed by atoms with Crippen molar-refractivity contribution in [2.24, 2.45) is 11.8 Å². The molecule has 3 atom stereocenters. The Balaban J connectivity index is 2.05. The lowest BCUT2D eigenvalue weighted by atomic mass is 9.78. The van der Waals surface area contributed by atoms with Crippen molar-refractivity contribution >= 4 is 17.9 Å². The summed E-state index contributed by atoms with van der Waals surface area (Å²) in [7, 11) is 0. The van der Waals surface area contributed by atoms with E-state index >= 15 is 0 Å². The van der Waals surface area contributed by atoms with Gasteiger partial charge >= 0.3 is 17.9 Å². The normalized spacial score (nSPS) is 27.2. The molecule has 0 radical (unpaired) electrons. The molecule has 0 aromatic heterocycles. The number of carbonyl (C=O) groups excluding carboxylic acids is 3. The summed E-state index contributed by atoms with van der Waals surface area (Å²) in [6.07, 6.45) is 6.15. The van der Waals surface area contributed by atoms with Gasteiger partial charge in [-0.15, -0.1) is 0 Å². The van der Waals surface area contributed by atoms with Gasteiger partial charge in [-0.05, 0) is 39.7 Å². The maximum absolute atomic E-state index is 12.9. The van der Waals surface area contributed by atoms with Gasteiger partial charge in [0.2, 0.25) is 0 Å². The average Bonchev–Trinajstić information content (AvgIpc) is 2.67. The van der Waals surface area contributed by atoms with Crippen molar-refractivity contribution in [1.82, 2.24) is 5.32 Å². The van der Waals surface area contributed by atoms with Gasteiger partial charge < -0.3 is 24.3 Å². The molecule has 8 heteroatoms. The molecule has 0 spiro atoms. The van der Waals surface area contributed by atoms with Crippen LogP contribution >= 0.6 is 0 Å². The minimum atomic E-state index is -1.16. The van der Waals surface area contributed by atoms with Crippen molar-refractivity contribution in [2.45, 2.75) is 65.0 Å². The van der Waals surface area contributed by atoms with E-state index in [1.807, 2.05) is 0 Å². The van der Waals surface area contributed by atoms with Crippen LogP contribution in [-0.2, 0) is 33.3 Å². The Morgan fingerprint density at radius 3 is 2.48 bits per heavy atom. The van der Waals surface area contributed by atoms with Crippen LogP contribution in [0, 0.1) is 11.8 Å². The Labute approximate surface area is 170 Å². The van der Waals surface area contributed by atoms with Crippen LogP contribution in [0.1, 0.15) is 52.9 Å². The van der Waals surface area contributed by atoms with Gasteiger partial charge in [0.15, 0.2) is 5.88 Å². The molecular weight excluding hydrogens is 378 g/mol. The van der Waals surface area contributed by atoms with Gasteiger partial charge in [-0.25, -0.2) is 4.79 Å². The molecule has 8 nitrogen and oxygen atoms in total. The monoisotopic (exact) mass is 407 g/mol. The number of allylic oxidation sites excluding steroid dienone is 1. The number of hydrogen-bond donors (Lipinski definition) is 1. The molecule has 160 valence electrons. The molecule has 2 aliphatic heterocycles. The first-order valence-corrected chi connectivity index (χ1v) is 10.4. The Hall–Kier alpha value is -2.51. The zero-order valence-electron chi connectivity index (χ0n) is 17.2. The predicted molar refractivity (Wildman–Crippen MR) is 102 cm³/mol. The first-order valence-electron chi connectivity index (χ1n) is 10.4. The van der Waals surface area contributed by atoms with Crippen molar-refractivity contribution in [3.05, 3.63) is 23.3 Å². The van der Waals surface area contributed by atoms with Crippen molar-refractivity contribution < 1.29 is 33.3 Å². The minimum absolute atomic E-state index is 0.00188. The third-order valence-corrected chi connectivity index (χ3v) is 5.43. The van der Waals surface area contributed by atoms with Crippen LogP contribution in [0.25, 0.3) is 0 Å². The zero-order chi connectivity index (χ0) is 21.0. The van der Waals surface area contributed by atoms with Gasteiger partial charge in [-0.1, -0.05) is 19.3 Å². The number of nitrogens with one attached hydrogen (secondary N) is 1. The number of cyclic esters (lactones) is 1. The fraction of sp³-hybridized carbons (Fsp3) is 0.667. The van der Waals surface area contributed by atoms with Gasteiger partial charge in [-0.2, -0.15) is 0 Å². The Morgan fingerprint density at radius 2 is 1.83 bits per heavy atom. The van der Waals surface area contributed by atoms with E-state index in [0.29, 0.717) is 5.76 Å². The quantitative estimate of drug-likeness (QED) is 0.529. The van der Waals surface area contributed by atoms with Crippen LogP contribution in [0.2, 0.25) is 0 Å². The largest absolute Gasteiger partial charge is 0.470 e. The maximum atomic E-state index is 12.9. The molecule has 0 amide bonds. The van der Waals surface area contributed by atoms with Gasteiger partial charge in [0.05, 0.1) is 13.2 Å². The minimum Gasteiger partial charge on any atom is -0.470 e. The third kappa shape index (κ3) is 4.57. The van der Waals surface area contributed by atoms with Crippen LogP contribution in [0.15, 0.2) is 23.3 Å². The summed E-state index contributed by atoms with van der Waals surface area (Å²) >= 11 is 0. The second-order valence-electron chi connectivity index (χ2n) is 7.48. The number of carbonyl (C=O) groups is 3. The highest BCUT2D eigenvalue weighted by Crippen LogP contribution is 2.40. The molecule has 0 saturated heterocycles.